The number of ether oxygens (including phenoxy) is 2. The lowest BCUT2D eigenvalue weighted by Gasteiger charge is -2.22. The predicted octanol–water partition coefficient (Wildman–Crippen LogP) is 2.79. The van der Waals surface area contributed by atoms with Gasteiger partial charge in [-0.1, -0.05) is 12.1 Å². The van der Waals surface area contributed by atoms with Gasteiger partial charge in [0.05, 0.1) is 7.11 Å². The molecule has 22 heavy (non-hydrogen) atoms. The summed E-state index contributed by atoms with van der Waals surface area (Å²) in [6.45, 7) is 8.33. The number of rotatable bonds is 4. The van der Waals surface area contributed by atoms with Crippen LogP contribution in [0.15, 0.2) is 24.3 Å². The third-order valence-corrected chi connectivity index (χ3v) is 3.56. The van der Waals surface area contributed by atoms with Crippen LogP contribution in [0.3, 0.4) is 0 Å². The number of nitrogens with zero attached hydrogens (tertiary/aromatic N) is 1. The van der Waals surface area contributed by atoms with Gasteiger partial charge in [0, 0.05) is 25.7 Å². The summed E-state index contributed by atoms with van der Waals surface area (Å²) in [7, 11) is 1.67. The van der Waals surface area contributed by atoms with Gasteiger partial charge in [0.25, 0.3) is 0 Å². The highest BCUT2D eigenvalue weighted by Gasteiger charge is 2.26. The van der Waals surface area contributed by atoms with Gasteiger partial charge in [-0.05, 0) is 44.9 Å². The Labute approximate surface area is 132 Å². The minimum atomic E-state index is -0.453. The monoisotopic (exact) mass is 306 g/mol. The maximum absolute atomic E-state index is 11.8. The van der Waals surface area contributed by atoms with E-state index in [9.17, 15) is 4.79 Å². The number of amides is 1. The van der Waals surface area contributed by atoms with Gasteiger partial charge >= 0.3 is 6.09 Å². The smallest absolute Gasteiger partial charge is 0.407 e. The van der Waals surface area contributed by atoms with Gasteiger partial charge in [-0.25, -0.2) is 4.79 Å². The van der Waals surface area contributed by atoms with E-state index in [1.807, 2.05) is 32.9 Å². The van der Waals surface area contributed by atoms with Crippen LogP contribution in [0, 0.1) is 0 Å². The Morgan fingerprint density at radius 1 is 1.32 bits per heavy atom. The first kappa shape index (κ1) is 16.6. The van der Waals surface area contributed by atoms with Crippen LogP contribution in [0.2, 0.25) is 0 Å². The van der Waals surface area contributed by atoms with E-state index in [1.54, 1.807) is 7.11 Å². The van der Waals surface area contributed by atoms with E-state index in [-0.39, 0.29) is 12.1 Å². The van der Waals surface area contributed by atoms with E-state index in [1.165, 1.54) is 5.56 Å². The van der Waals surface area contributed by atoms with E-state index < -0.39 is 5.60 Å². The molecule has 1 N–H and O–H groups in total. The third kappa shape index (κ3) is 5.22. The first-order valence-electron chi connectivity index (χ1n) is 7.70. The molecule has 0 saturated carbocycles. The lowest BCUT2D eigenvalue weighted by molar-refractivity contribution is 0.0506. The lowest BCUT2D eigenvalue weighted by atomic mass is 10.2. The Balaban J connectivity index is 1.78. The van der Waals surface area contributed by atoms with Gasteiger partial charge in [0.15, 0.2) is 0 Å². The summed E-state index contributed by atoms with van der Waals surface area (Å²) in [5, 5.41) is 2.95. The topological polar surface area (TPSA) is 50.8 Å². The Morgan fingerprint density at radius 3 is 2.59 bits per heavy atom. The van der Waals surface area contributed by atoms with Gasteiger partial charge in [-0.15, -0.1) is 0 Å². The Kier molecular flexibility index (Phi) is 5.29. The minimum Gasteiger partial charge on any atom is -0.497 e. The fourth-order valence-electron chi connectivity index (χ4n) is 2.56. The summed E-state index contributed by atoms with van der Waals surface area (Å²) >= 11 is 0. The average molecular weight is 306 g/mol. The van der Waals surface area contributed by atoms with E-state index in [4.69, 9.17) is 9.47 Å². The fourth-order valence-corrected chi connectivity index (χ4v) is 2.56. The average Bonchev–Trinajstić information content (AvgIpc) is 2.84. The molecule has 0 unspecified atom stereocenters. The van der Waals surface area contributed by atoms with E-state index in [0.717, 1.165) is 31.8 Å². The highest BCUT2D eigenvalue weighted by Crippen LogP contribution is 2.17. The molecule has 1 heterocycles. The van der Waals surface area contributed by atoms with Crippen molar-refractivity contribution in [1.29, 1.82) is 0 Å². The summed E-state index contributed by atoms with van der Waals surface area (Å²) in [6.07, 6.45) is 0.624. The highest BCUT2D eigenvalue weighted by molar-refractivity contribution is 5.68. The van der Waals surface area contributed by atoms with Gasteiger partial charge < -0.3 is 14.8 Å². The number of likely N-dealkylation sites (tertiary alicyclic amines) is 1. The second-order valence-electron chi connectivity index (χ2n) is 6.72. The number of hydrogen-bond donors (Lipinski definition) is 1. The second-order valence-corrected chi connectivity index (χ2v) is 6.72. The first-order chi connectivity index (χ1) is 10.4. The Bertz CT molecular complexity index is 494. The maximum atomic E-state index is 11.8. The zero-order chi connectivity index (χ0) is 16.2. The largest absolute Gasteiger partial charge is 0.497 e. The summed E-state index contributed by atoms with van der Waals surface area (Å²) in [5.74, 6) is 0.870. The van der Waals surface area contributed by atoms with Crippen molar-refractivity contribution < 1.29 is 14.3 Å². The summed E-state index contributed by atoms with van der Waals surface area (Å²) < 4.78 is 10.5. The third-order valence-electron chi connectivity index (χ3n) is 3.56. The quantitative estimate of drug-likeness (QED) is 0.929. The van der Waals surface area contributed by atoms with Crippen molar-refractivity contribution in [3.63, 3.8) is 0 Å². The summed E-state index contributed by atoms with van der Waals surface area (Å²) in [6, 6.07) is 8.26. The van der Waals surface area contributed by atoms with E-state index >= 15 is 0 Å². The Morgan fingerprint density at radius 2 is 2.00 bits per heavy atom. The van der Waals surface area contributed by atoms with Crippen molar-refractivity contribution in [3.05, 3.63) is 29.8 Å². The van der Waals surface area contributed by atoms with Gasteiger partial charge in [0.2, 0.25) is 0 Å². The van der Waals surface area contributed by atoms with Gasteiger partial charge in [-0.3, -0.25) is 4.90 Å². The molecule has 1 amide bonds. The molecule has 2 rings (SSSR count). The highest BCUT2D eigenvalue weighted by atomic mass is 16.6. The number of carbonyl (C=O) groups is 1. The molecular weight excluding hydrogens is 280 g/mol. The summed E-state index contributed by atoms with van der Waals surface area (Å²) in [5.41, 5.74) is 0.796. The number of carbonyl (C=O) groups excluding carboxylic acids is 1. The van der Waals surface area contributed by atoms with Crippen LogP contribution in [0.5, 0.6) is 5.75 Å². The zero-order valence-electron chi connectivity index (χ0n) is 13.9. The molecule has 0 aliphatic carbocycles. The molecule has 0 bridgehead atoms. The van der Waals surface area contributed by atoms with Crippen molar-refractivity contribution in [3.8, 4) is 5.75 Å². The first-order valence-corrected chi connectivity index (χ1v) is 7.70. The van der Waals surface area contributed by atoms with Crippen molar-refractivity contribution in [2.75, 3.05) is 20.2 Å². The minimum absolute atomic E-state index is 0.160. The molecule has 0 aromatic heterocycles. The summed E-state index contributed by atoms with van der Waals surface area (Å²) in [4.78, 5) is 14.1. The number of methoxy groups -OCH3 is 1. The molecule has 1 aromatic rings. The van der Waals surface area contributed by atoms with Gasteiger partial charge in [0.1, 0.15) is 11.4 Å². The van der Waals surface area contributed by atoms with Crippen LogP contribution in [-0.2, 0) is 11.3 Å². The van der Waals surface area contributed by atoms with Crippen molar-refractivity contribution in [1.82, 2.24) is 10.2 Å². The maximum Gasteiger partial charge on any atom is 0.407 e. The lowest BCUT2D eigenvalue weighted by Crippen LogP contribution is -2.40. The molecule has 5 heteroatoms. The van der Waals surface area contributed by atoms with Crippen LogP contribution < -0.4 is 10.1 Å². The van der Waals surface area contributed by atoms with Crippen LogP contribution in [0.1, 0.15) is 32.8 Å². The molecule has 1 aromatic carbocycles. The molecule has 122 valence electrons. The number of alkyl carbamates (subject to hydrolysis) is 1. The molecule has 1 saturated heterocycles. The van der Waals surface area contributed by atoms with Crippen molar-refractivity contribution >= 4 is 6.09 Å². The normalized spacial score (nSPS) is 19.0. The molecule has 0 radical (unpaired) electrons. The van der Waals surface area contributed by atoms with Crippen LogP contribution in [-0.4, -0.2) is 42.8 Å². The Hall–Kier alpha value is -1.75. The van der Waals surface area contributed by atoms with E-state index in [0.29, 0.717) is 0 Å². The standard InChI is InChI=1S/C17H26N2O3/c1-17(2,3)22-16(20)18-14-9-10-19(12-14)11-13-5-7-15(21-4)8-6-13/h5-8,14H,9-12H2,1-4H3,(H,18,20)/t14-/m1/s1. The van der Waals surface area contributed by atoms with Crippen molar-refractivity contribution in [2.24, 2.45) is 0 Å². The molecule has 1 aliphatic rings. The zero-order valence-corrected chi connectivity index (χ0v) is 13.9. The van der Waals surface area contributed by atoms with E-state index in [2.05, 4.69) is 22.3 Å². The molecular formula is C17H26N2O3. The molecule has 1 aliphatic heterocycles. The molecule has 1 atom stereocenters. The van der Waals surface area contributed by atoms with Crippen LogP contribution in [0.25, 0.3) is 0 Å². The second kappa shape index (κ2) is 7.01. The number of hydrogen-bond acceptors (Lipinski definition) is 4. The van der Waals surface area contributed by atoms with Crippen LogP contribution in [0.4, 0.5) is 4.79 Å². The number of benzene rings is 1. The predicted molar refractivity (Wildman–Crippen MR) is 86.0 cm³/mol. The molecule has 0 spiro atoms. The van der Waals surface area contributed by atoms with Gasteiger partial charge in [-0.2, -0.15) is 0 Å². The fraction of sp³-hybridized carbons (Fsp3) is 0.588. The SMILES string of the molecule is COc1ccc(CN2CC[C@@H](NC(=O)OC(C)(C)C)C2)cc1. The van der Waals surface area contributed by atoms with Crippen molar-refractivity contribution in [2.45, 2.75) is 45.4 Å². The van der Waals surface area contributed by atoms with Crippen LogP contribution >= 0.6 is 0 Å². The number of nitrogens with one attached hydrogen (secondary N) is 1. The molecule has 5 nitrogen and oxygen atoms in total. The molecule has 1 fully saturated rings.